The molecule has 0 radical (unpaired) electrons. The number of hydrogen-bond donors (Lipinski definition) is 2. The third kappa shape index (κ3) is 3.11. The second-order valence-electron chi connectivity index (χ2n) is 6.93. The van der Waals surface area contributed by atoms with Gasteiger partial charge in [0.25, 0.3) is 0 Å². The van der Waals surface area contributed by atoms with Gasteiger partial charge in [0, 0.05) is 12.6 Å². The Balaban J connectivity index is 0.00000196. The molecule has 3 saturated heterocycles. The van der Waals surface area contributed by atoms with E-state index in [4.69, 9.17) is 10.5 Å². The van der Waals surface area contributed by atoms with Gasteiger partial charge in [-0.3, -0.25) is 19.3 Å². The molecule has 5 atom stereocenters. The highest BCUT2D eigenvalue weighted by Crippen LogP contribution is 2.48. The summed E-state index contributed by atoms with van der Waals surface area (Å²) in [5, 5.41) is 2.71. The lowest BCUT2D eigenvalue weighted by atomic mass is 9.81. The Hall–Kier alpha value is -1.96. The van der Waals surface area contributed by atoms with Crippen LogP contribution in [0, 0.1) is 11.8 Å². The van der Waals surface area contributed by atoms with Crippen molar-refractivity contribution in [2.75, 3.05) is 13.1 Å². The van der Waals surface area contributed by atoms with Crippen molar-refractivity contribution in [1.29, 1.82) is 0 Å². The van der Waals surface area contributed by atoms with Gasteiger partial charge in [-0.1, -0.05) is 30.3 Å². The predicted molar refractivity (Wildman–Crippen MR) is 95.2 cm³/mol. The van der Waals surface area contributed by atoms with Crippen LogP contribution in [0.25, 0.3) is 0 Å². The number of hydrogen-bond acceptors (Lipinski definition) is 5. The number of imide groups is 1. The van der Waals surface area contributed by atoms with Gasteiger partial charge in [0.2, 0.25) is 17.7 Å². The average molecular weight is 380 g/mol. The summed E-state index contributed by atoms with van der Waals surface area (Å²) in [6.45, 7) is 0.00586. The Bertz CT molecular complexity index is 686. The molecule has 3 amide bonds. The van der Waals surface area contributed by atoms with Gasteiger partial charge in [-0.15, -0.1) is 12.4 Å². The van der Waals surface area contributed by atoms with Crippen molar-refractivity contribution >= 4 is 30.1 Å². The Morgan fingerprint density at radius 1 is 1.15 bits per heavy atom. The molecule has 3 N–H and O–H groups in total. The summed E-state index contributed by atoms with van der Waals surface area (Å²) in [7, 11) is 0. The van der Waals surface area contributed by atoms with Gasteiger partial charge < -0.3 is 15.8 Å². The Labute approximate surface area is 157 Å². The lowest BCUT2D eigenvalue weighted by molar-refractivity contribution is -0.146. The van der Waals surface area contributed by atoms with Crippen molar-refractivity contribution in [3.05, 3.63) is 35.9 Å². The van der Waals surface area contributed by atoms with E-state index < -0.39 is 11.8 Å². The molecule has 7 nitrogen and oxygen atoms in total. The number of nitrogens with zero attached hydrogens (tertiary/aromatic N) is 1. The maximum Gasteiger partial charge on any atom is 0.240 e. The molecule has 1 aromatic carbocycles. The SMILES string of the molecule is Cl.NC(CNC(=O)CN1C(=O)C2C3CCC(O3)C2C1=O)c1ccccc1. The fourth-order valence-corrected chi connectivity index (χ4v) is 4.17. The lowest BCUT2D eigenvalue weighted by Gasteiger charge is -2.18. The molecule has 26 heavy (non-hydrogen) atoms. The van der Waals surface area contributed by atoms with Crippen molar-refractivity contribution in [3.8, 4) is 0 Å². The molecule has 8 heteroatoms. The van der Waals surface area contributed by atoms with Gasteiger partial charge in [-0.2, -0.15) is 0 Å². The monoisotopic (exact) mass is 379 g/mol. The normalized spacial score (nSPS) is 30.1. The molecule has 3 heterocycles. The number of amides is 3. The molecule has 4 rings (SSSR count). The van der Waals surface area contributed by atoms with Crippen LogP contribution in [0.4, 0.5) is 0 Å². The summed E-state index contributed by atoms with van der Waals surface area (Å²) in [6, 6.07) is 9.11. The van der Waals surface area contributed by atoms with Crippen LogP contribution in [-0.4, -0.2) is 47.9 Å². The first kappa shape index (κ1) is 18.8. The summed E-state index contributed by atoms with van der Waals surface area (Å²) < 4.78 is 5.68. The zero-order chi connectivity index (χ0) is 17.6. The largest absolute Gasteiger partial charge is 0.373 e. The number of halogens is 1. The number of likely N-dealkylation sites (tertiary alicyclic amines) is 1. The quantitative estimate of drug-likeness (QED) is 0.720. The minimum atomic E-state index is -0.398. The fourth-order valence-electron chi connectivity index (χ4n) is 4.17. The van der Waals surface area contributed by atoms with Gasteiger partial charge in [-0.25, -0.2) is 0 Å². The van der Waals surface area contributed by atoms with Gasteiger partial charge in [0.15, 0.2) is 0 Å². The molecular formula is C18H22ClN3O4. The number of nitrogens with one attached hydrogen (secondary N) is 1. The molecule has 3 fully saturated rings. The fraction of sp³-hybridized carbons (Fsp3) is 0.500. The first-order valence-corrected chi connectivity index (χ1v) is 8.64. The Morgan fingerprint density at radius 3 is 2.31 bits per heavy atom. The molecule has 1 aromatic rings. The highest BCUT2D eigenvalue weighted by atomic mass is 35.5. The van der Waals surface area contributed by atoms with Crippen LogP contribution in [0.3, 0.4) is 0 Å². The van der Waals surface area contributed by atoms with E-state index in [0.717, 1.165) is 23.3 Å². The lowest BCUT2D eigenvalue weighted by Crippen LogP contribution is -2.43. The summed E-state index contributed by atoms with van der Waals surface area (Å²) >= 11 is 0. The van der Waals surface area contributed by atoms with Crippen molar-refractivity contribution in [1.82, 2.24) is 10.2 Å². The van der Waals surface area contributed by atoms with Crippen LogP contribution in [0.1, 0.15) is 24.4 Å². The third-order valence-corrected chi connectivity index (χ3v) is 5.42. The van der Waals surface area contributed by atoms with E-state index >= 15 is 0 Å². The molecule has 0 aromatic heterocycles. The maximum absolute atomic E-state index is 12.5. The van der Waals surface area contributed by atoms with E-state index in [1.165, 1.54) is 0 Å². The van der Waals surface area contributed by atoms with E-state index in [1.54, 1.807) is 0 Å². The Kier molecular flexibility index (Phi) is 5.32. The molecule has 2 bridgehead atoms. The smallest absolute Gasteiger partial charge is 0.240 e. The first-order chi connectivity index (χ1) is 12.1. The van der Waals surface area contributed by atoms with Crippen LogP contribution in [0.2, 0.25) is 0 Å². The number of carbonyl (C=O) groups is 3. The van der Waals surface area contributed by atoms with Crippen LogP contribution in [0.5, 0.6) is 0 Å². The van der Waals surface area contributed by atoms with E-state index in [-0.39, 0.29) is 61.5 Å². The van der Waals surface area contributed by atoms with E-state index in [9.17, 15) is 14.4 Å². The van der Waals surface area contributed by atoms with E-state index in [2.05, 4.69) is 5.32 Å². The number of benzene rings is 1. The van der Waals surface area contributed by atoms with Crippen LogP contribution in [-0.2, 0) is 19.1 Å². The van der Waals surface area contributed by atoms with Crippen molar-refractivity contribution in [2.24, 2.45) is 17.6 Å². The zero-order valence-corrected chi connectivity index (χ0v) is 15.0. The Morgan fingerprint density at radius 2 is 1.73 bits per heavy atom. The maximum atomic E-state index is 12.5. The van der Waals surface area contributed by atoms with Gasteiger partial charge in [0.1, 0.15) is 6.54 Å². The molecule has 5 unspecified atom stereocenters. The second kappa shape index (κ2) is 7.34. The first-order valence-electron chi connectivity index (χ1n) is 8.64. The topological polar surface area (TPSA) is 102 Å². The minimum Gasteiger partial charge on any atom is -0.373 e. The standard InChI is InChI=1S/C18H21N3O4.ClH/c19-11(10-4-2-1-3-5-10)8-20-14(22)9-21-17(23)15-12-6-7-13(25-12)16(15)18(21)24;/h1-5,11-13,15-16H,6-9,19H2,(H,20,22);1H. The van der Waals surface area contributed by atoms with Crippen molar-refractivity contribution in [2.45, 2.75) is 31.1 Å². The molecule has 0 spiro atoms. The van der Waals surface area contributed by atoms with Crippen LogP contribution >= 0.6 is 12.4 Å². The number of nitrogens with two attached hydrogens (primary N) is 1. The second-order valence-corrected chi connectivity index (χ2v) is 6.93. The summed E-state index contributed by atoms with van der Waals surface area (Å²) in [5.74, 6) is -1.72. The van der Waals surface area contributed by atoms with E-state index in [1.807, 2.05) is 30.3 Å². The molecule has 0 aliphatic carbocycles. The summed E-state index contributed by atoms with van der Waals surface area (Å²) in [6.07, 6.45) is 1.31. The van der Waals surface area contributed by atoms with Gasteiger partial charge in [-0.05, 0) is 18.4 Å². The molecule has 140 valence electrons. The van der Waals surface area contributed by atoms with Crippen LogP contribution in [0.15, 0.2) is 30.3 Å². The average Bonchev–Trinajstić information content (AvgIpc) is 3.30. The summed E-state index contributed by atoms with van der Waals surface area (Å²) in [4.78, 5) is 38.3. The zero-order valence-electron chi connectivity index (χ0n) is 14.2. The third-order valence-electron chi connectivity index (χ3n) is 5.42. The number of ether oxygens (including phenoxy) is 1. The molecular weight excluding hydrogens is 358 g/mol. The highest BCUT2D eigenvalue weighted by molar-refractivity contribution is 6.08. The van der Waals surface area contributed by atoms with Crippen LogP contribution < -0.4 is 11.1 Å². The van der Waals surface area contributed by atoms with Crippen molar-refractivity contribution < 1.29 is 19.1 Å². The number of fused-ring (bicyclic) bond motifs is 5. The van der Waals surface area contributed by atoms with Gasteiger partial charge >= 0.3 is 0 Å². The molecule has 3 aliphatic heterocycles. The number of rotatable bonds is 5. The van der Waals surface area contributed by atoms with Gasteiger partial charge in [0.05, 0.1) is 24.0 Å². The summed E-state index contributed by atoms with van der Waals surface area (Å²) in [5.41, 5.74) is 6.96. The minimum absolute atomic E-state index is 0. The number of carbonyl (C=O) groups excluding carboxylic acids is 3. The highest BCUT2D eigenvalue weighted by Gasteiger charge is 2.62. The molecule has 3 aliphatic rings. The molecule has 0 saturated carbocycles. The predicted octanol–water partition coefficient (Wildman–Crippen LogP) is 0.387. The van der Waals surface area contributed by atoms with Crippen molar-refractivity contribution in [3.63, 3.8) is 0 Å². The van der Waals surface area contributed by atoms with E-state index in [0.29, 0.717) is 0 Å².